The minimum absolute atomic E-state index is 0.0474. The fourth-order valence-electron chi connectivity index (χ4n) is 1.46. The molecule has 3 nitrogen and oxygen atoms in total. The smallest absolute Gasteiger partial charge is 0.210 e. The van der Waals surface area contributed by atoms with Crippen LogP contribution in [-0.2, 0) is 0 Å². The SMILES string of the molecule is COc1cc(Br)c(OCC(=O)c2ccc(Cl)s2)cc1Br. The maximum absolute atomic E-state index is 11.9. The summed E-state index contributed by atoms with van der Waals surface area (Å²) in [6.07, 6.45) is 0. The molecule has 0 radical (unpaired) electrons. The summed E-state index contributed by atoms with van der Waals surface area (Å²) >= 11 is 13.8. The van der Waals surface area contributed by atoms with E-state index in [0.29, 0.717) is 20.7 Å². The van der Waals surface area contributed by atoms with Gasteiger partial charge in [-0.3, -0.25) is 4.79 Å². The Kier molecular flexibility index (Phi) is 5.49. The number of benzene rings is 1. The fraction of sp³-hybridized carbons (Fsp3) is 0.154. The standard InChI is InChI=1S/C13H9Br2ClO3S/c1-18-10-4-8(15)11(5-7(10)14)19-6-9(17)12-2-3-13(16)20-12/h2-5H,6H2,1H3. The van der Waals surface area contributed by atoms with Crippen molar-refractivity contribution < 1.29 is 14.3 Å². The molecule has 0 fully saturated rings. The number of carbonyl (C=O) groups excluding carboxylic acids is 1. The molecule has 0 aliphatic carbocycles. The summed E-state index contributed by atoms with van der Waals surface area (Å²) < 4.78 is 12.7. The number of carbonyl (C=O) groups is 1. The number of halogens is 3. The Labute approximate surface area is 142 Å². The van der Waals surface area contributed by atoms with Crippen LogP contribution in [0.4, 0.5) is 0 Å². The van der Waals surface area contributed by atoms with Crippen molar-refractivity contribution in [3.05, 3.63) is 42.4 Å². The summed E-state index contributed by atoms with van der Waals surface area (Å²) in [5.74, 6) is 1.13. The zero-order valence-corrected chi connectivity index (χ0v) is 15.0. The van der Waals surface area contributed by atoms with Crippen LogP contribution in [0.5, 0.6) is 11.5 Å². The summed E-state index contributed by atoms with van der Waals surface area (Å²) in [6.45, 7) is -0.0474. The van der Waals surface area contributed by atoms with E-state index in [9.17, 15) is 4.79 Å². The molecule has 0 saturated heterocycles. The second-order valence-electron chi connectivity index (χ2n) is 3.73. The molecular formula is C13H9Br2ClO3S. The Morgan fingerprint density at radius 1 is 1.25 bits per heavy atom. The van der Waals surface area contributed by atoms with Crippen molar-refractivity contribution in [1.29, 1.82) is 0 Å². The Hall–Kier alpha value is -0.560. The molecule has 0 spiro atoms. The largest absolute Gasteiger partial charge is 0.496 e. The Balaban J connectivity index is 2.07. The van der Waals surface area contributed by atoms with E-state index in [2.05, 4.69) is 31.9 Å². The minimum Gasteiger partial charge on any atom is -0.496 e. The minimum atomic E-state index is -0.110. The van der Waals surface area contributed by atoms with Gasteiger partial charge in [-0.05, 0) is 56.1 Å². The number of Topliss-reactive ketones (excluding diaryl/α,β-unsaturated/α-hetero) is 1. The van der Waals surface area contributed by atoms with Crippen molar-refractivity contribution >= 4 is 60.6 Å². The van der Waals surface area contributed by atoms with Crippen LogP contribution in [0.2, 0.25) is 4.34 Å². The topological polar surface area (TPSA) is 35.5 Å². The molecule has 0 unspecified atom stereocenters. The van der Waals surface area contributed by atoms with Crippen LogP contribution in [-0.4, -0.2) is 19.5 Å². The molecule has 0 bridgehead atoms. The fourth-order valence-corrected chi connectivity index (χ4v) is 3.34. The first-order chi connectivity index (χ1) is 9.51. The van der Waals surface area contributed by atoms with Gasteiger partial charge in [0.25, 0.3) is 0 Å². The number of ether oxygens (including phenoxy) is 2. The van der Waals surface area contributed by atoms with Gasteiger partial charge in [-0.15, -0.1) is 11.3 Å². The summed E-state index contributed by atoms with van der Waals surface area (Å²) in [7, 11) is 1.58. The van der Waals surface area contributed by atoms with Gasteiger partial charge >= 0.3 is 0 Å². The lowest BCUT2D eigenvalue weighted by Gasteiger charge is -2.10. The monoisotopic (exact) mass is 438 g/mol. The molecule has 1 aromatic carbocycles. The van der Waals surface area contributed by atoms with Crippen molar-refractivity contribution in [3.8, 4) is 11.5 Å². The number of thiophene rings is 1. The van der Waals surface area contributed by atoms with E-state index in [-0.39, 0.29) is 12.4 Å². The van der Waals surface area contributed by atoms with Crippen LogP contribution in [0.1, 0.15) is 9.67 Å². The van der Waals surface area contributed by atoms with E-state index >= 15 is 0 Å². The lowest BCUT2D eigenvalue weighted by atomic mass is 10.3. The normalized spacial score (nSPS) is 10.4. The molecule has 20 heavy (non-hydrogen) atoms. The first-order valence-corrected chi connectivity index (χ1v) is 8.23. The molecule has 2 aromatic rings. The Morgan fingerprint density at radius 2 is 1.90 bits per heavy atom. The van der Waals surface area contributed by atoms with E-state index in [1.165, 1.54) is 11.3 Å². The zero-order valence-electron chi connectivity index (χ0n) is 10.3. The number of rotatable bonds is 5. The summed E-state index contributed by atoms with van der Waals surface area (Å²) in [6, 6.07) is 6.90. The third-order valence-corrected chi connectivity index (χ3v) is 4.92. The maximum Gasteiger partial charge on any atom is 0.210 e. The quantitative estimate of drug-likeness (QED) is 0.600. The molecule has 0 aliphatic heterocycles. The second-order valence-corrected chi connectivity index (χ2v) is 7.16. The van der Waals surface area contributed by atoms with E-state index in [1.54, 1.807) is 31.4 Å². The highest BCUT2D eigenvalue weighted by Crippen LogP contribution is 2.36. The van der Waals surface area contributed by atoms with Gasteiger partial charge in [0.05, 0.1) is 25.3 Å². The lowest BCUT2D eigenvalue weighted by molar-refractivity contribution is 0.0925. The molecule has 106 valence electrons. The molecule has 1 aromatic heterocycles. The van der Waals surface area contributed by atoms with E-state index in [0.717, 1.165) is 8.95 Å². The predicted octanol–water partition coefficient (Wildman–Crippen LogP) is 5.20. The van der Waals surface area contributed by atoms with Gasteiger partial charge in [-0.2, -0.15) is 0 Å². The van der Waals surface area contributed by atoms with E-state index in [1.807, 2.05) is 0 Å². The van der Waals surface area contributed by atoms with Crippen LogP contribution in [0.15, 0.2) is 33.2 Å². The molecular weight excluding hydrogens is 431 g/mol. The highest BCUT2D eigenvalue weighted by Gasteiger charge is 2.13. The first-order valence-electron chi connectivity index (χ1n) is 5.45. The van der Waals surface area contributed by atoms with Gasteiger partial charge < -0.3 is 9.47 Å². The van der Waals surface area contributed by atoms with Gasteiger partial charge in [-0.1, -0.05) is 11.6 Å². The number of hydrogen-bond acceptors (Lipinski definition) is 4. The third-order valence-electron chi connectivity index (χ3n) is 2.41. The first kappa shape index (κ1) is 15.8. The Morgan fingerprint density at radius 3 is 2.50 bits per heavy atom. The van der Waals surface area contributed by atoms with E-state index < -0.39 is 0 Å². The molecule has 0 amide bonds. The van der Waals surface area contributed by atoms with Crippen molar-refractivity contribution in [1.82, 2.24) is 0 Å². The maximum atomic E-state index is 11.9. The van der Waals surface area contributed by atoms with Crippen molar-refractivity contribution in [2.75, 3.05) is 13.7 Å². The number of ketones is 1. The van der Waals surface area contributed by atoms with Crippen molar-refractivity contribution in [2.24, 2.45) is 0 Å². The highest BCUT2D eigenvalue weighted by molar-refractivity contribution is 9.11. The summed E-state index contributed by atoms with van der Waals surface area (Å²) in [5.41, 5.74) is 0. The summed E-state index contributed by atoms with van der Waals surface area (Å²) in [4.78, 5) is 12.5. The van der Waals surface area contributed by atoms with Gasteiger partial charge in [0.2, 0.25) is 5.78 Å². The van der Waals surface area contributed by atoms with Crippen LogP contribution in [0, 0.1) is 0 Å². The van der Waals surface area contributed by atoms with Crippen LogP contribution < -0.4 is 9.47 Å². The van der Waals surface area contributed by atoms with Gasteiger partial charge in [-0.25, -0.2) is 0 Å². The number of methoxy groups -OCH3 is 1. The second kappa shape index (κ2) is 6.93. The van der Waals surface area contributed by atoms with Crippen LogP contribution in [0.3, 0.4) is 0 Å². The molecule has 0 aliphatic rings. The third kappa shape index (κ3) is 3.75. The average molecular weight is 441 g/mol. The zero-order chi connectivity index (χ0) is 14.7. The van der Waals surface area contributed by atoms with Crippen LogP contribution >= 0.6 is 54.8 Å². The van der Waals surface area contributed by atoms with Crippen molar-refractivity contribution in [3.63, 3.8) is 0 Å². The predicted molar refractivity (Wildman–Crippen MR) is 87.5 cm³/mol. The molecule has 0 saturated carbocycles. The lowest BCUT2D eigenvalue weighted by Crippen LogP contribution is -2.10. The number of hydrogen-bond donors (Lipinski definition) is 0. The molecule has 0 N–H and O–H groups in total. The molecule has 7 heteroatoms. The average Bonchev–Trinajstić information content (AvgIpc) is 2.85. The van der Waals surface area contributed by atoms with Crippen LogP contribution in [0.25, 0.3) is 0 Å². The highest BCUT2D eigenvalue weighted by atomic mass is 79.9. The van der Waals surface area contributed by atoms with Gasteiger partial charge in [0.1, 0.15) is 11.5 Å². The Bertz CT molecular complexity index is 643. The summed E-state index contributed by atoms with van der Waals surface area (Å²) in [5, 5.41) is 0. The molecule has 0 atom stereocenters. The molecule has 2 rings (SSSR count). The van der Waals surface area contributed by atoms with Gasteiger partial charge in [0.15, 0.2) is 6.61 Å². The van der Waals surface area contributed by atoms with Crippen molar-refractivity contribution in [2.45, 2.75) is 0 Å². The molecule has 1 heterocycles. The van der Waals surface area contributed by atoms with E-state index in [4.69, 9.17) is 21.1 Å². The van der Waals surface area contributed by atoms with Gasteiger partial charge in [0, 0.05) is 0 Å².